The first-order chi connectivity index (χ1) is 4.20. The van der Waals surface area contributed by atoms with Gasteiger partial charge in [-0.25, -0.2) is 0 Å². The van der Waals surface area contributed by atoms with Gasteiger partial charge in [0.05, 0.1) is 0 Å². The Morgan fingerprint density at radius 3 is 2.67 bits per heavy atom. The Bertz CT molecular complexity index is 126. The van der Waals surface area contributed by atoms with Crippen LogP contribution in [0.15, 0.2) is 0 Å². The Balaban J connectivity index is 2.39. The largest absolute Gasteiger partial charge is 0.480 e. The molecule has 0 aliphatic carbocycles. The van der Waals surface area contributed by atoms with Crippen LogP contribution >= 0.6 is 0 Å². The van der Waals surface area contributed by atoms with Crippen LogP contribution in [0.25, 0.3) is 0 Å². The first-order valence-electron chi connectivity index (χ1n) is 2.92. The first-order valence-corrected chi connectivity index (χ1v) is 2.92. The highest BCUT2D eigenvalue weighted by Gasteiger charge is 2.26. The molecule has 4 N–H and O–H groups in total. The van der Waals surface area contributed by atoms with E-state index in [1.54, 1.807) is 0 Å². The van der Waals surface area contributed by atoms with Crippen molar-refractivity contribution in [3.63, 3.8) is 0 Å². The second-order valence-corrected chi connectivity index (χ2v) is 2.29. The van der Waals surface area contributed by atoms with Gasteiger partial charge in [-0.3, -0.25) is 4.79 Å². The zero-order valence-electron chi connectivity index (χ0n) is 5.00. The molecule has 0 aromatic heterocycles. The van der Waals surface area contributed by atoms with Crippen LogP contribution in [0.2, 0.25) is 0 Å². The van der Waals surface area contributed by atoms with Gasteiger partial charge in [-0.1, -0.05) is 0 Å². The van der Waals surface area contributed by atoms with Gasteiger partial charge in [-0.15, -0.1) is 0 Å². The number of nitrogens with two attached hydrogens (primary N) is 1. The maximum atomic E-state index is 10.2. The summed E-state index contributed by atoms with van der Waals surface area (Å²) in [6.07, 6.45) is 0.551. The number of carbonyl (C=O) groups is 1. The smallest absolute Gasteiger partial charge is 0.320 e. The predicted octanol–water partition coefficient (Wildman–Crippen LogP) is -1.24. The van der Waals surface area contributed by atoms with Gasteiger partial charge in [0.2, 0.25) is 0 Å². The lowest BCUT2D eigenvalue weighted by Crippen LogP contribution is -2.30. The summed E-state index contributed by atoms with van der Waals surface area (Å²) < 4.78 is 0. The fourth-order valence-electron chi connectivity index (χ4n) is 0.951. The molecule has 0 spiro atoms. The number of rotatable bonds is 1. The number of carboxylic acids is 1. The van der Waals surface area contributed by atoms with Gasteiger partial charge in [0.15, 0.2) is 0 Å². The van der Waals surface area contributed by atoms with Gasteiger partial charge in [0, 0.05) is 12.6 Å². The summed E-state index contributed by atoms with van der Waals surface area (Å²) in [5.41, 5.74) is 5.44. The minimum Gasteiger partial charge on any atom is -0.480 e. The third kappa shape index (κ3) is 1.40. The molecule has 1 heterocycles. The summed E-state index contributed by atoms with van der Waals surface area (Å²) in [7, 11) is 0. The molecule has 0 bridgehead atoms. The lowest BCUT2D eigenvalue weighted by atomic mass is 10.2. The summed E-state index contributed by atoms with van der Waals surface area (Å²) in [4.78, 5) is 10.2. The van der Waals surface area contributed by atoms with Crippen LogP contribution in [0.3, 0.4) is 0 Å². The van der Waals surface area contributed by atoms with E-state index in [1.807, 2.05) is 0 Å². The summed E-state index contributed by atoms with van der Waals surface area (Å²) in [5.74, 6) is -0.803. The average Bonchev–Trinajstić information content (AvgIpc) is 2.14. The molecule has 0 radical (unpaired) electrons. The van der Waals surface area contributed by atoms with Crippen LogP contribution in [0.5, 0.6) is 0 Å². The Kier molecular flexibility index (Phi) is 1.68. The van der Waals surface area contributed by atoms with Crippen LogP contribution < -0.4 is 11.1 Å². The molecule has 0 aromatic carbocycles. The fraction of sp³-hybridized carbons (Fsp3) is 0.800. The lowest BCUT2D eigenvalue weighted by molar-refractivity contribution is -0.139. The van der Waals surface area contributed by atoms with Crippen LogP contribution in [0.4, 0.5) is 0 Å². The molecule has 9 heavy (non-hydrogen) atoms. The number of nitrogens with one attached hydrogen (secondary N) is 1. The average molecular weight is 130 g/mol. The van der Waals surface area contributed by atoms with E-state index in [9.17, 15) is 4.79 Å². The zero-order chi connectivity index (χ0) is 6.85. The molecular formula is C5H10N2O2. The number of carboxylic acid groups (broad SMARTS) is 1. The topological polar surface area (TPSA) is 75.3 Å². The second-order valence-electron chi connectivity index (χ2n) is 2.29. The van der Waals surface area contributed by atoms with Gasteiger partial charge in [-0.05, 0) is 6.42 Å². The van der Waals surface area contributed by atoms with Crippen molar-refractivity contribution in [2.24, 2.45) is 5.73 Å². The SMILES string of the molecule is N[C@@H]1CN[C@@H](C(=O)O)C1. The summed E-state index contributed by atoms with van der Waals surface area (Å²) >= 11 is 0. The van der Waals surface area contributed by atoms with E-state index in [2.05, 4.69) is 5.32 Å². The molecule has 0 amide bonds. The molecule has 4 nitrogen and oxygen atoms in total. The fourth-order valence-corrected chi connectivity index (χ4v) is 0.951. The van der Waals surface area contributed by atoms with E-state index in [0.29, 0.717) is 13.0 Å². The second kappa shape index (κ2) is 2.33. The molecule has 0 aromatic rings. The van der Waals surface area contributed by atoms with Crippen molar-refractivity contribution >= 4 is 5.97 Å². The van der Waals surface area contributed by atoms with Gasteiger partial charge >= 0.3 is 5.97 Å². The molecule has 2 atom stereocenters. The third-order valence-electron chi connectivity index (χ3n) is 1.46. The summed E-state index contributed by atoms with van der Waals surface area (Å²) in [6.45, 7) is 0.622. The highest BCUT2D eigenvalue weighted by atomic mass is 16.4. The van der Waals surface area contributed by atoms with E-state index < -0.39 is 12.0 Å². The lowest BCUT2D eigenvalue weighted by Gasteiger charge is -2.00. The molecule has 1 saturated heterocycles. The van der Waals surface area contributed by atoms with Gasteiger partial charge < -0.3 is 16.2 Å². The van der Waals surface area contributed by atoms with Crippen LogP contribution in [-0.2, 0) is 4.79 Å². The molecular weight excluding hydrogens is 120 g/mol. The summed E-state index contributed by atoms with van der Waals surface area (Å²) in [5, 5.41) is 11.2. The predicted molar refractivity (Wildman–Crippen MR) is 32.0 cm³/mol. The Hall–Kier alpha value is -0.610. The standard InChI is InChI=1S/C5H10N2O2/c6-3-1-4(5(8)9)7-2-3/h3-4,7H,1-2,6H2,(H,8,9)/t3-,4+/m0/s1. The van der Waals surface area contributed by atoms with E-state index in [-0.39, 0.29) is 6.04 Å². The maximum absolute atomic E-state index is 10.2. The van der Waals surface area contributed by atoms with Gasteiger partial charge in [0.1, 0.15) is 6.04 Å². The van der Waals surface area contributed by atoms with Crippen molar-refractivity contribution in [2.45, 2.75) is 18.5 Å². The Morgan fingerprint density at radius 1 is 1.78 bits per heavy atom. The molecule has 4 heteroatoms. The third-order valence-corrected chi connectivity index (χ3v) is 1.46. The van der Waals surface area contributed by atoms with Crippen molar-refractivity contribution < 1.29 is 9.90 Å². The minimum absolute atomic E-state index is 0.0195. The van der Waals surface area contributed by atoms with Gasteiger partial charge in [0.25, 0.3) is 0 Å². The monoisotopic (exact) mass is 130 g/mol. The quantitative estimate of drug-likeness (QED) is 0.415. The molecule has 1 aliphatic heterocycles. The van der Waals surface area contributed by atoms with E-state index in [1.165, 1.54) is 0 Å². The Morgan fingerprint density at radius 2 is 2.44 bits per heavy atom. The minimum atomic E-state index is -0.803. The molecule has 1 aliphatic rings. The van der Waals surface area contributed by atoms with E-state index in [4.69, 9.17) is 10.8 Å². The zero-order valence-corrected chi connectivity index (χ0v) is 5.00. The molecule has 1 fully saturated rings. The molecule has 0 unspecified atom stereocenters. The molecule has 52 valence electrons. The van der Waals surface area contributed by atoms with E-state index >= 15 is 0 Å². The first kappa shape index (κ1) is 6.51. The van der Waals surface area contributed by atoms with Crippen molar-refractivity contribution in [2.75, 3.05) is 6.54 Å². The van der Waals surface area contributed by atoms with Gasteiger partial charge in [-0.2, -0.15) is 0 Å². The molecule has 0 saturated carbocycles. The maximum Gasteiger partial charge on any atom is 0.320 e. The number of aliphatic carboxylic acids is 1. The van der Waals surface area contributed by atoms with Crippen molar-refractivity contribution in [1.82, 2.24) is 5.32 Å². The Labute approximate surface area is 53.0 Å². The van der Waals surface area contributed by atoms with Crippen molar-refractivity contribution in [3.8, 4) is 0 Å². The van der Waals surface area contributed by atoms with Crippen LogP contribution in [-0.4, -0.2) is 29.7 Å². The highest BCUT2D eigenvalue weighted by Crippen LogP contribution is 2.03. The number of hydrogen-bond acceptors (Lipinski definition) is 3. The van der Waals surface area contributed by atoms with Crippen LogP contribution in [0.1, 0.15) is 6.42 Å². The highest BCUT2D eigenvalue weighted by molar-refractivity contribution is 5.73. The normalized spacial score (nSPS) is 34.8. The van der Waals surface area contributed by atoms with Crippen molar-refractivity contribution in [1.29, 1.82) is 0 Å². The van der Waals surface area contributed by atoms with Crippen molar-refractivity contribution in [3.05, 3.63) is 0 Å². The van der Waals surface area contributed by atoms with Crippen LogP contribution in [0, 0.1) is 0 Å². The molecule has 1 rings (SSSR count). The summed E-state index contributed by atoms with van der Waals surface area (Å²) in [6, 6.07) is -0.397. The van der Waals surface area contributed by atoms with E-state index in [0.717, 1.165) is 0 Å². The number of hydrogen-bond donors (Lipinski definition) is 3.